The molecule has 11 heteroatoms. The van der Waals surface area contributed by atoms with Crippen molar-refractivity contribution in [2.75, 3.05) is 0 Å². The number of carboxylic acids is 1. The summed E-state index contributed by atoms with van der Waals surface area (Å²) < 4.78 is 22.4. The maximum Gasteiger partial charge on any atom is 0.404 e. The van der Waals surface area contributed by atoms with E-state index in [2.05, 4.69) is 6.92 Å². The number of carbonyl (C=O) groups excluding carboxylic acids is 3. The summed E-state index contributed by atoms with van der Waals surface area (Å²) in [4.78, 5) is 48.7. The third-order valence-corrected chi connectivity index (χ3v) is 9.00. The monoisotopic (exact) mass is 635 g/mol. The van der Waals surface area contributed by atoms with Gasteiger partial charge in [0.2, 0.25) is 0 Å². The molecule has 2 aliphatic rings. The molecule has 1 fully saturated rings. The van der Waals surface area contributed by atoms with Gasteiger partial charge in [0.05, 0.1) is 12.2 Å². The molecule has 45 heavy (non-hydrogen) atoms. The summed E-state index contributed by atoms with van der Waals surface area (Å²) in [6.45, 7) is 14.2. The van der Waals surface area contributed by atoms with Crippen molar-refractivity contribution in [3.05, 3.63) is 36.0 Å². The van der Waals surface area contributed by atoms with Gasteiger partial charge in [-0.1, -0.05) is 65.3 Å². The van der Waals surface area contributed by atoms with E-state index in [1.165, 1.54) is 6.92 Å². The lowest BCUT2D eigenvalue weighted by molar-refractivity contribution is -0.166. The normalized spacial score (nSPS) is 33.9. The number of aliphatic carboxylic acids is 1. The maximum atomic E-state index is 13.3. The Morgan fingerprint density at radius 1 is 1.20 bits per heavy atom. The highest BCUT2D eigenvalue weighted by Gasteiger charge is 2.46. The first-order valence-corrected chi connectivity index (χ1v) is 16.0. The Balaban J connectivity index is 2.26. The molecule has 2 aliphatic heterocycles. The minimum absolute atomic E-state index is 0.0159. The first kappa shape index (κ1) is 38.0. The Morgan fingerprint density at radius 3 is 2.42 bits per heavy atom. The Hall–Kier alpha value is -3.18. The molecule has 4 N–H and O–H groups in total. The summed E-state index contributed by atoms with van der Waals surface area (Å²) in [7, 11) is 0. The van der Waals surface area contributed by atoms with E-state index in [4.69, 9.17) is 24.7 Å². The second-order valence-corrected chi connectivity index (χ2v) is 12.9. The van der Waals surface area contributed by atoms with Crippen molar-refractivity contribution in [1.29, 1.82) is 0 Å². The Kier molecular flexibility index (Phi) is 14.3. The first-order valence-electron chi connectivity index (χ1n) is 16.0. The van der Waals surface area contributed by atoms with E-state index >= 15 is 0 Å². The molecule has 0 bridgehead atoms. The zero-order valence-corrected chi connectivity index (χ0v) is 27.9. The zero-order valence-electron chi connectivity index (χ0n) is 27.9. The minimum atomic E-state index is -1.48. The maximum absolute atomic E-state index is 13.3. The fourth-order valence-corrected chi connectivity index (χ4v) is 6.13. The highest BCUT2D eigenvalue weighted by molar-refractivity contribution is 5.94. The van der Waals surface area contributed by atoms with Crippen LogP contribution in [0.1, 0.15) is 87.5 Å². The van der Waals surface area contributed by atoms with Gasteiger partial charge in [0.1, 0.15) is 23.9 Å². The lowest BCUT2D eigenvalue weighted by atomic mass is 9.81. The molecule has 2 heterocycles. The van der Waals surface area contributed by atoms with Crippen LogP contribution in [0.5, 0.6) is 0 Å². The second kappa shape index (κ2) is 16.9. The standard InChI is InChI=1S/C34H53NO10/c1-9-24-16-17-34(8,41)27(42-23(7)36)15-14-21(5)29(45-32(39)28(24)31(37)38)20(4)13-11-12-19(3)18-26-30(43-26)22(6)25(10-2)44-33(35)40/h11-15,19,21-22,24-30,41H,9-10,16-18H2,1-8H3,(H2,35,40)(H,37,38)/b12-11+,15-14-,20-13+. The van der Waals surface area contributed by atoms with Crippen molar-refractivity contribution >= 4 is 24.0 Å². The Morgan fingerprint density at radius 2 is 1.87 bits per heavy atom. The van der Waals surface area contributed by atoms with Crippen LogP contribution in [-0.4, -0.2) is 70.3 Å². The van der Waals surface area contributed by atoms with E-state index in [9.17, 15) is 29.4 Å². The van der Waals surface area contributed by atoms with Gasteiger partial charge < -0.3 is 34.9 Å². The predicted molar refractivity (Wildman–Crippen MR) is 168 cm³/mol. The number of amides is 1. The van der Waals surface area contributed by atoms with E-state index < -0.39 is 59.6 Å². The lowest BCUT2D eigenvalue weighted by Crippen LogP contribution is -2.43. The molecule has 0 radical (unpaired) electrons. The molecule has 0 aliphatic carbocycles. The number of allylic oxidation sites excluding steroid dienone is 3. The molecule has 11 unspecified atom stereocenters. The van der Waals surface area contributed by atoms with Crippen LogP contribution in [0.4, 0.5) is 4.79 Å². The number of rotatable bonds is 12. The van der Waals surface area contributed by atoms with Crippen molar-refractivity contribution in [3.63, 3.8) is 0 Å². The SMILES string of the molecule is CCC1CCC(C)(O)C(OC(C)=O)/C=C\C(C)C(/C(C)=C/C=C/C(C)CC2OC2C(C)C(CC)OC(N)=O)OC(=O)C1C(=O)O. The Bertz CT molecular complexity index is 1130. The van der Waals surface area contributed by atoms with Crippen molar-refractivity contribution in [2.24, 2.45) is 35.3 Å². The average Bonchev–Trinajstić information content (AvgIpc) is 3.71. The molecule has 0 aromatic rings. The number of hydrogen-bond acceptors (Lipinski definition) is 9. The van der Waals surface area contributed by atoms with Crippen LogP contribution in [0, 0.1) is 29.6 Å². The zero-order chi connectivity index (χ0) is 34.1. The van der Waals surface area contributed by atoms with Crippen LogP contribution in [0.15, 0.2) is 36.0 Å². The number of cyclic esters (lactones) is 1. The summed E-state index contributed by atoms with van der Waals surface area (Å²) in [5, 5.41) is 21.3. The molecule has 1 saturated heterocycles. The smallest absolute Gasteiger partial charge is 0.404 e. The molecule has 0 spiro atoms. The summed E-state index contributed by atoms with van der Waals surface area (Å²) in [6, 6.07) is 0. The average molecular weight is 636 g/mol. The number of carbonyl (C=O) groups is 4. The number of nitrogens with two attached hydrogens (primary N) is 1. The van der Waals surface area contributed by atoms with Crippen LogP contribution in [0.3, 0.4) is 0 Å². The van der Waals surface area contributed by atoms with E-state index in [1.807, 2.05) is 39.0 Å². The first-order chi connectivity index (χ1) is 21.0. The van der Waals surface area contributed by atoms with Crippen LogP contribution < -0.4 is 5.73 Å². The van der Waals surface area contributed by atoms with E-state index in [1.54, 1.807) is 32.9 Å². The molecule has 2 rings (SSSR count). The molecule has 0 aromatic carbocycles. The molecular weight excluding hydrogens is 582 g/mol. The van der Waals surface area contributed by atoms with Crippen LogP contribution in [0.2, 0.25) is 0 Å². The summed E-state index contributed by atoms with van der Waals surface area (Å²) in [5.74, 6) is -4.92. The van der Waals surface area contributed by atoms with Gasteiger partial charge in [0, 0.05) is 18.8 Å². The van der Waals surface area contributed by atoms with Crippen LogP contribution >= 0.6 is 0 Å². The highest BCUT2D eigenvalue weighted by Crippen LogP contribution is 2.37. The fourth-order valence-electron chi connectivity index (χ4n) is 6.13. The van der Waals surface area contributed by atoms with E-state index in [0.717, 1.165) is 6.42 Å². The Labute approximate surface area is 267 Å². The minimum Gasteiger partial charge on any atom is -0.481 e. The van der Waals surface area contributed by atoms with Crippen LogP contribution in [0.25, 0.3) is 0 Å². The van der Waals surface area contributed by atoms with Crippen LogP contribution in [-0.2, 0) is 33.3 Å². The number of aliphatic hydroxyl groups is 1. The quantitative estimate of drug-likeness (QED) is 0.0653. The number of ether oxygens (including phenoxy) is 4. The molecule has 11 atom stereocenters. The van der Waals surface area contributed by atoms with Gasteiger partial charge in [-0.2, -0.15) is 0 Å². The van der Waals surface area contributed by atoms with Gasteiger partial charge in [-0.25, -0.2) is 4.79 Å². The largest absolute Gasteiger partial charge is 0.481 e. The molecule has 0 saturated carbocycles. The summed E-state index contributed by atoms with van der Waals surface area (Å²) in [6.07, 6.45) is 8.34. The van der Waals surface area contributed by atoms with Gasteiger partial charge in [-0.05, 0) is 63.0 Å². The van der Waals surface area contributed by atoms with E-state index in [-0.39, 0.29) is 43.0 Å². The van der Waals surface area contributed by atoms with Crippen molar-refractivity contribution in [3.8, 4) is 0 Å². The molecular formula is C34H53NO10. The van der Waals surface area contributed by atoms with Gasteiger partial charge in [0.25, 0.3) is 0 Å². The highest BCUT2D eigenvalue weighted by atomic mass is 16.6. The lowest BCUT2D eigenvalue weighted by Gasteiger charge is -2.34. The van der Waals surface area contributed by atoms with Gasteiger partial charge in [-0.15, -0.1) is 0 Å². The third-order valence-electron chi connectivity index (χ3n) is 9.00. The molecule has 254 valence electrons. The summed E-state index contributed by atoms with van der Waals surface area (Å²) in [5.41, 5.74) is 4.42. The van der Waals surface area contributed by atoms with Crippen molar-refractivity contribution < 1.29 is 48.3 Å². The number of epoxide rings is 1. The molecule has 1 amide bonds. The van der Waals surface area contributed by atoms with Gasteiger partial charge in [-0.3, -0.25) is 14.4 Å². The number of hydrogen-bond donors (Lipinski definition) is 3. The van der Waals surface area contributed by atoms with Crippen molar-refractivity contribution in [2.45, 2.75) is 124 Å². The van der Waals surface area contributed by atoms with Gasteiger partial charge >= 0.3 is 24.0 Å². The predicted octanol–water partition coefficient (Wildman–Crippen LogP) is 5.10. The van der Waals surface area contributed by atoms with Gasteiger partial charge in [0.15, 0.2) is 5.92 Å². The topological polar surface area (TPSA) is 175 Å². The second-order valence-electron chi connectivity index (χ2n) is 12.9. The summed E-state index contributed by atoms with van der Waals surface area (Å²) >= 11 is 0. The molecule has 11 nitrogen and oxygen atoms in total. The van der Waals surface area contributed by atoms with Crippen molar-refractivity contribution in [1.82, 2.24) is 0 Å². The number of primary amides is 1. The van der Waals surface area contributed by atoms with E-state index in [0.29, 0.717) is 18.4 Å². The fraction of sp³-hybridized carbons (Fsp3) is 0.706. The third kappa shape index (κ3) is 11.3. The number of carboxylic acid groups (broad SMARTS) is 1. The number of esters is 2. The molecule has 0 aromatic heterocycles.